The molecule has 2 aromatic heterocycles. The second-order valence-corrected chi connectivity index (χ2v) is 8.03. The number of ether oxygens (including phenoxy) is 1. The van der Waals surface area contributed by atoms with Gasteiger partial charge in [-0.1, -0.05) is 42.5 Å². The van der Waals surface area contributed by atoms with Gasteiger partial charge in [-0.25, -0.2) is 9.48 Å². The van der Waals surface area contributed by atoms with Crippen LogP contribution in [0.1, 0.15) is 29.5 Å². The zero-order valence-electron chi connectivity index (χ0n) is 18.3. The van der Waals surface area contributed by atoms with E-state index in [9.17, 15) is 4.79 Å². The zero-order valence-corrected chi connectivity index (χ0v) is 18.3. The van der Waals surface area contributed by atoms with E-state index in [1.807, 2.05) is 53.4 Å². The van der Waals surface area contributed by atoms with Gasteiger partial charge in [-0.05, 0) is 41.8 Å². The molecule has 7 heteroatoms. The highest BCUT2D eigenvalue weighted by Gasteiger charge is 2.39. The first-order valence-corrected chi connectivity index (χ1v) is 10.9. The molecule has 2 atom stereocenters. The molecule has 2 amide bonds. The Morgan fingerprint density at radius 3 is 2.61 bits per heavy atom. The van der Waals surface area contributed by atoms with Crippen molar-refractivity contribution in [2.75, 3.05) is 19.0 Å². The van der Waals surface area contributed by atoms with Crippen LogP contribution in [0.5, 0.6) is 5.75 Å². The molecule has 4 aromatic rings. The second kappa shape index (κ2) is 9.16. The molecule has 7 nitrogen and oxygen atoms in total. The number of rotatable bonds is 5. The maximum atomic E-state index is 13.4. The van der Waals surface area contributed by atoms with Gasteiger partial charge in [-0.15, -0.1) is 0 Å². The third-order valence-corrected chi connectivity index (χ3v) is 6.08. The fraction of sp³-hybridized carbons (Fsp3) is 0.192. The Morgan fingerprint density at radius 2 is 1.82 bits per heavy atom. The number of anilines is 1. The number of carbonyl (C=O) groups excluding carboxylic acids is 1. The minimum Gasteiger partial charge on any atom is -0.497 e. The van der Waals surface area contributed by atoms with Crippen LogP contribution in [0.3, 0.4) is 0 Å². The summed E-state index contributed by atoms with van der Waals surface area (Å²) >= 11 is 0. The van der Waals surface area contributed by atoms with Gasteiger partial charge in [-0.2, -0.15) is 5.10 Å². The lowest BCUT2D eigenvalue weighted by molar-refractivity contribution is 0.204. The maximum Gasteiger partial charge on any atom is 0.322 e. The van der Waals surface area contributed by atoms with Crippen molar-refractivity contribution in [1.29, 1.82) is 0 Å². The summed E-state index contributed by atoms with van der Waals surface area (Å²) in [5.74, 6) is 0.980. The third-order valence-electron chi connectivity index (χ3n) is 6.08. The first kappa shape index (κ1) is 20.8. The van der Waals surface area contributed by atoms with Gasteiger partial charge in [0.1, 0.15) is 5.75 Å². The van der Waals surface area contributed by atoms with E-state index in [0.717, 1.165) is 23.4 Å². The van der Waals surface area contributed by atoms with E-state index in [4.69, 9.17) is 4.74 Å². The van der Waals surface area contributed by atoms with Crippen LogP contribution in [0.15, 0.2) is 91.5 Å². The fourth-order valence-corrected chi connectivity index (χ4v) is 4.53. The molecular formula is C26H25N5O2. The van der Waals surface area contributed by atoms with Crippen LogP contribution in [-0.4, -0.2) is 39.4 Å². The SMILES string of the molecule is COc1cccc(C2C(c3ccccc3)CCN2C(=O)Nc2cnn(-c3ccncc3)c2)c1. The normalized spacial score (nSPS) is 17.7. The maximum absolute atomic E-state index is 13.4. The number of hydrogen-bond donors (Lipinski definition) is 1. The van der Waals surface area contributed by atoms with Crippen molar-refractivity contribution >= 4 is 11.7 Å². The summed E-state index contributed by atoms with van der Waals surface area (Å²) in [6.07, 6.45) is 7.77. The summed E-state index contributed by atoms with van der Waals surface area (Å²) in [6, 6.07) is 21.9. The molecule has 2 aromatic carbocycles. The second-order valence-electron chi connectivity index (χ2n) is 8.03. The Labute approximate surface area is 192 Å². The summed E-state index contributed by atoms with van der Waals surface area (Å²) in [7, 11) is 1.66. The largest absolute Gasteiger partial charge is 0.497 e. The molecule has 2 unspecified atom stereocenters. The molecule has 1 N–H and O–H groups in total. The lowest BCUT2D eigenvalue weighted by Gasteiger charge is -2.29. The summed E-state index contributed by atoms with van der Waals surface area (Å²) in [5, 5.41) is 7.40. The highest BCUT2D eigenvalue weighted by Crippen LogP contribution is 2.44. The average Bonchev–Trinajstić information content (AvgIpc) is 3.53. The number of likely N-dealkylation sites (tertiary alicyclic amines) is 1. The van der Waals surface area contributed by atoms with E-state index >= 15 is 0 Å². The first-order valence-electron chi connectivity index (χ1n) is 10.9. The Morgan fingerprint density at radius 1 is 1.03 bits per heavy atom. The van der Waals surface area contributed by atoms with Crippen LogP contribution in [-0.2, 0) is 0 Å². The molecule has 0 bridgehead atoms. The smallest absolute Gasteiger partial charge is 0.322 e. The van der Waals surface area contributed by atoms with E-state index in [2.05, 4.69) is 33.6 Å². The van der Waals surface area contributed by atoms with Gasteiger partial charge < -0.3 is 15.0 Å². The number of urea groups is 1. The average molecular weight is 440 g/mol. The van der Waals surface area contributed by atoms with Gasteiger partial charge in [-0.3, -0.25) is 4.98 Å². The van der Waals surface area contributed by atoms with Crippen LogP contribution in [0.2, 0.25) is 0 Å². The lowest BCUT2D eigenvalue weighted by atomic mass is 9.87. The fourth-order valence-electron chi connectivity index (χ4n) is 4.53. The van der Waals surface area contributed by atoms with Gasteiger partial charge in [0.05, 0.1) is 36.9 Å². The molecular weight excluding hydrogens is 414 g/mol. The Bertz CT molecular complexity index is 1230. The van der Waals surface area contributed by atoms with Crippen LogP contribution in [0, 0.1) is 0 Å². The molecule has 3 heterocycles. The Balaban J connectivity index is 1.42. The van der Waals surface area contributed by atoms with Gasteiger partial charge in [0, 0.05) is 24.9 Å². The van der Waals surface area contributed by atoms with Crippen molar-refractivity contribution < 1.29 is 9.53 Å². The van der Waals surface area contributed by atoms with Crippen LogP contribution >= 0.6 is 0 Å². The number of methoxy groups -OCH3 is 1. The minimum atomic E-state index is -0.143. The topological polar surface area (TPSA) is 72.3 Å². The molecule has 0 saturated carbocycles. The molecule has 0 spiro atoms. The monoisotopic (exact) mass is 439 g/mol. The number of pyridine rings is 1. The Hall–Kier alpha value is -4.13. The van der Waals surface area contributed by atoms with Gasteiger partial charge in [0.25, 0.3) is 0 Å². The number of benzene rings is 2. The van der Waals surface area contributed by atoms with E-state index < -0.39 is 0 Å². The Kier molecular flexibility index (Phi) is 5.76. The number of carbonyl (C=O) groups is 1. The predicted octanol–water partition coefficient (Wildman–Crippen LogP) is 5.04. The van der Waals surface area contributed by atoms with Crippen molar-refractivity contribution in [3.05, 3.63) is 103 Å². The summed E-state index contributed by atoms with van der Waals surface area (Å²) in [6.45, 7) is 0.658. The highest BCUT2D eigenvalue weighted by atomic mass is 16.5. The summed E-state index contributed by atoms with van der Waals surface area (Å²) in [4.78, 5) is 19.4. The minimum absolute atomic E-state index is 0.0993. The molecule has 0 aliphatic carbocycles. The van der Waals surface area contributed by atoms with E-state index in [-0.39, 0.29) is 18.0 Å². The number of aromatic nitrogens is 3. The summed E-state index contributed by atoms with van der Waals surface area (Å²) in [5.41, 5.74) is 3.81. The number of nitrogens with zero attached hydrogens (tertiary/aromatic N) is 4. The van der Waals surface area contributed by atoms with Crippen molar-refractivity contribution in [1.82, 2.24) is 19.7 Å². The number of hydrogen-bond acceptors (Lipinski definition) is 4. The predicted molar refractivity (Wildman–Crippen MR) is 127 cm³/mol. The standard InChI is InChI=1S/C26H25N5O2/c1-33-23-9-5-8-20(16-23)25-24(19-6-3-2-4-7-19)12-15-30(25)26(32)29-21-17-28-31(18-21)22-10-13-27-14-11-22/h2-11,13-14,16-18,24-25H,12,15H2,1H3,(H,29,32). The van der Waals surface area contributed by atoms with Crippen molar-refractivity contribution in [2.45, 2.75) is 18.4 Å². The quantitative estimate of drug-likeness (QED) is 0.473. The first-order chi connectivity index (χ1) is 16.2. The van der Waals surface area contributed by atoms with E-state index in [1.165, 1.54) is 5.56 Å². The molecule has 1 aliphatic heterocycles. The molecule has 5 rings (SSSR count). The summed E-state index contributed by atoms with van der Waals surface area (Å²) < 4.78 is 7.17. The van der Waals surface area contributed by atoms with Crippen LogP contribution in [0.25, 0.3) is 5.69 Å². The number of amides is 2. The molecule has 1 aliphatic rings. The van der Waals surface area contributed by atoms with E-state index in [0.29, 0.717) is 12.2 Å². The zero-order chi connectivity index (χ0) is 22.6. The van der Waals surface area contributed by atoms with Gasteiger partial charge in [0.2, 0.25) is 0 Å². The molecule has 0 radical (unpaired) electrons. The van der Waals surface area contributed by atoms with Gasteiger partial charge >= 0.3 is 6.03 Å². The van der Waals surface area contributed by atoms with E-state index in [1.54, 1.807) is 36.6 Å². The van der Waals surface area contributed by atoms with Crippen molar-refractivity contribution in [3.63, 3.8) is 0 Å². The lowest BCUT2D eigenvalue weighted by Crippen LogP contribution is -2.35. The van der Waals surface area contributed by atoms with Crippen molar-refractivity contribution in [2.24, 2.45) is 0 Å². The molecule has 1 saturated heterocycles. The van der Waals surface area contributed by atoms with Crippen LogP contribution < -0.4 is 10.1 Å². The molecule has 33 heavy (non-hydrogen) atoms. The van der Waals surface area contributed by atoms with Gasteiger partial charge in [0.15, 0.2) is 0 Å². The van der Waals surface area contributed by atoms with Crippen molar-refractivity contribution in [3.8, 4) is 11.4 Å². The third kappa shape index (κ3) is 4.30. The molecule has 166 valence electrons. The number of nitrogens with one attached hydrogen (secondary N) is 1. The molecule has 1 fully saturated rings. The highest BCUT2D eigenvalue weighted by molar-refractivity contribution is 5.89. The van der Waals surface area contributed by atoms with Crippen LogP contribution in [0.4, 0.5) is 10.5 Å².